The molecule has 4 heteroatoms. The SMILES string of the molecule is Cc1cc(-c2ccc(-n3c4ccccc4c4cc(N(c5ccccc5)c5ccccc5)ccc43)cc2)cc(C)c1-c1ncccn1. The number of para-hydroxylation sites is 3. The van der Waals surface area contributed by atoms with Gasteiger partial charge in [0.25, 0.3) is 0 Å². The molecule has 46 heavy (non-hydrogen) atoms. The van der Waals surface area contributed by atoms with Crippen molar-refractivity contribution in [1.29, 1.82) is 0 Å². The smallest absolute Gasteiger partial charge is 0.159 e. The molecule has 2 heterocycles. The third-order valence-corrected chi connectivity index (χ3v) is 8.72. The predicted molar refractivity (Wildman–Crippen MR) is 191 cm³/mol. The molecule has 0 N–H and O–H groups in total. The Kier molecular flexibility index (Phi) is 6.88. The minimum atomic E-state index is 0.768. The number of hydrogen-bond donors (Lipinski definition) is 0. The summed E-state index contributed by atoms with van der Waals surface area (Å²) in [6.07, 6.45) is 3.60. The zero-order valence-electron chi connectivity index (χ0n) is 25.8. The van der Waals surface area contributed by atoms with Crippen LogP contribution in [0.2, 0.25) is 0 Å². The summed E-state index contributed by atoms with van der Waals surface area (Å²) in [6, 6.07) is 51.9. The lowest BCUT2D eigenvalue weighted by Gasteiger charge is -2.25. The van der Waals surface area contributed by atoms with E-state index >= 15 is 0 Å². The molecule has 0 saturated heterocycles. The minimum absolute atomic E-state index is 0.768. The molecule has 2 aromatic heterocycles. The molecule has 0 spiro atoms. The van der Waals surface area contributed by atoms with E-state index in [1.54, 1.807) is 12.4 Å². The van der Waals surface area contributed by atoms with Crippen LogP contribution in [0.5, 0.6) is 0 Å². The van der Waals surface area contributed by atoms with Crippen molar-refractivity contribution >= 4 is 38.9 Å². The van der Waals surface area contributed by atoms with Gasteiger partial charge >= 0.3 is 0 Å². The molecular formula is C42H32N4. The Bertz CT molecular complexity index is 2240. The standard InChI is InChI=1S/C42H32N4/c1-29-26-32(27-30(2)41(29)42-43-24-11-25-44-42)31-18-20-35(21-19-31)46-39-17-10-9-16-37(39)38-28-36(22-23-40(38)46)45(33-12-5-3-6-13-33)34-14-7-4-8-15-34/h3-28H,1-2H3. The quantitative estimate of drug-likeness (QED) is 0.193. The summed E-state index contributed by atoms with van der Waals surface area (Å²) in [4.78, 5) is 11.3. The van der Waals surface area contributed by atoms with E-state index < -0.39 is 0 Å². The van der Waals surface area contributed by atoms with Gasteiger partial charge in [0, 0.05) is 51.5 Å². The summed E-state index contributed by atoms with van der Waals surface area (Å²) in [5.41, 5.74) is 12.7. The first-order chi connectivity index (χ1) is 22.7. The van der Waals surface area contributed by atoms with Crippen LogP contribution >= 0.6 is 0 Å². The largest absolute Gasteiger partial charge is 0.310 e. The summed E-state index contributed by atoms with van der Waals surface area (Å²) < 4.78 is 2.37. The van der Waals surface area contributed by atoms with Gasteiger partial charge in [0.1, 0.15) is 0 Å². The number of anilines is 3. The van der Waals surface area contributed by atoms with Crippen molar-refractivity contribution in [3.63, 3.8) is 0 Å². The van der Waals surface area contributed by atoms with E-state index in [0.717, 1.165) is 34.1 Å². The van der Waals surface area contributed by atoms with Gasteiger partial charge in [-0.1, -0.05) is 78.9 Å². The van der Waals surface area contributed by atoms with E-state index in [-0.39, 0.29) is 0 Å². The monoisotopic (exact) mass is 592 g/mol. The van der Waals surface area contributed by atoms with Crippen LogP contribution in [-0.4, -0.2) is 14.5 Å². The van der Waals surface area contributed by atoms with Gasteiger partial charge in [0.05, 0.1) is 11.0 Å². The lowest BCUT2D eigenvalue weighted by atomic mass is 9.95. The molecule has 0 aliphatic heterocycles. The van der Waals surface area contributed by atoms with Gasteiger partial charge in [-0.05, 0) is 103 Å². The fourth-order valence-corrected chi connectivity index (χ4v) is 6.69. The number of rotatable bonds is 6. The van der Waals surface area contributed by atoms with Crippen LogP contribution in [0.15, 0.2) is 158 Å². The van der Waals surface area contributed by atoms with Crippen molar-refractivity contribution in [2.24, 2.45) is 0 Å². The lowest BCUT2D eigenvalue weighted by Crippen LogP contribution is -2.09. The van der Waals surface area contributed by atoms with Crippen LogP contribution in [0.4, 0.5) is 17.1 Å². The molecule has 0 radical (unpaired) electrons. The molecule has 8 aromatic rings. The average Bonchev–Trinajstić information content (AvgIpc) is 3.43. The fourth-order valence-electron chi connectivity index (χ4n) is 6.69. The van der Waals surface area contributed by atoms with Crippen molar-refractivity contribution in [2.45, 2.75) is 13.8 Å². The normalized spacial score (nSPS) is 11.3. The molecule has 0 aliphatic rings. The lowest BCUT2D eigenvalue weighted by molar-refractivity contribution is 1.16. The van der Waals surface area contributed by atoms with E-state index in [0.29, 0.717) is 0 Å². The molecule has 8 rings (SSSR count). The fraction of sp³-hybridized carbons (Fsp3) is 0.0476. The molecule has 0 bridgehead atoms. The maximum Gasteiger partial charge on any atom is 0.159 e. The first-order valence-electron chi connectivity index (χ1n) is 15.6. The second kappa shape index (κ2) is 11.5. The van der Waals surface area contributed by atoms with Crippen LogP contribution in [0.3, 0.4) is 0 Å². The van der Waals surface area contributed by atoms with Crippen LogP contribution in [0.1, 0.15) is 11.1 Å². The predicted octanol–water partition coefficient (Wildman–Crippen LogP) is 11.0. The zero-order chi connectivity index (χ0) is 31.0. The van der Waals surface area contributed by atoms with Crippen molar-refractivity contribution in [3.8, 4) is 28.2 Å². The first kappa shape index (κ1) is 27.5. The molecule has 0 atom stereocenters. The van der Waals surface area contributed by atoms with Crippen LogP contribution in [0, 0.1) is 13.8 Å². The molecule has 4 nitrogen and oxygen atoms in total. The van der Waals surface area contributed by atoms with Gasteiger partial charge in [-0.2, -0.15) is 0 Å². The Morgan fingerprint density at radius 1 is 0.478 bits per heavy atom. The molecule has 220 valence electrons. The zero-order valence-corrected chi connectivity index (χ0v) is 25.8. The number of hydrogen-bond acceptors (Lipinski definition) is 3. The van der Waals surface area contributed by atoms with Gasteiger partial charge < -0.3 is 9.47 Å². The molecule has 0 unspecified atom stereocenters. The number of fused-ring (bicyclic) bond motifs is 3. The highest BCUT2D eigenvalue weighted by Gasteiger charge is 2.17. The van der Waals surface area contributed by atoms with Crippen LogP contribution in [-0.2, 0) is 0 Å². The summed E-state index contributed by atoms with van der Waals surface area (Å²) in [5, 5.41) is 2.45. The maximum atomic E-state index is 4.49. The number of benzene rings is 6. The third-order valence-electron chi connectivity index (χ3n) is 8.72. The summed E-state index contributed by atoms with van der Waals surface area (Å²) in [6.45, 7) is 4.28. The van der Waals surface area contributed by atoms with Gasteiger partial charge in [0.15, 0.2) is 5.82 Å². The summed E-state index contributed by atoms with van der Waals surface area (Å²) in [5.74, 6) is 0.768. The second-order valence-electron chi connectivity index (χ2n) is 11.7. The topological polar surface area (TPSA) is 34.0 Å². The van der Waals surface area contributed by atoms with Gasteiger partial charge in [-0.15, -0.1) is 0 Å². The Morgan fingerprint density at radius 3 is 1.72 bits per heavy atom. The van der Waals surface area contributed by atoms with Crippen molar-refractivity contribution in [1.82, 2.24) is 14.5 Å². The van der Waals surface area contributed by atoms with Gasteiger partial charge in [-0.25, -0.2) is 9.97 Å². The molecule has 0 aliphatic carbocycles. The van der Waals surface area contributed by atoms with E-state index in [1.165, 1.54) is 44.1 Å². The van der Waals surface area contributed by atoms with E-state index in [1.807, 2.05) is 6.07 Å². The molecule has 0 fully saturated rings. The van der Waals surface area contributed by atoms with Crippen molar-refractivity contribution < 1.29 is 0 Å². The van der Waals surface area contributed by atoms with Crippen molar-refractivity contribution in [2.75, 3.05) is 4.90 Å². The van der Waals surface area contributed by atoms with E-state index in [2.05, 4.69) is 173 Å². The number of nitrogens with zero attached hydrogens (tertiary/aromatic N) is 4. The summed E-state index contributed by atoms with van der Waals surface area (Å²) in [7, 11) is 0. The van der Waals surface area contributed by atoms with Gasteiger partial charge in [-0.3, -0.25) is 0 Å². The first-order valence-corrected chi connectivity index (χ1v) is 15.6. The molecule has 0 amide bonds. The van der Waals surface area contributed by atoms with Gasteiger partial charge in [0.2, 0.25) is 0 Å². The Hall–Kier alpha value is -6.00. The van der Waals surface area contributed by atoms with E-state index in [9.17, 15) is 0 Å². The van der Waals surface area contributed by atoms with Crippen molar-refractivity contribution in [3.05, 3.63) is 169 Å². The third kappa shape index (κ3) is 4.81. The van der Waals surface area contributed by atoms with Crippen LogP contribution in [0.25, 0.3) is 50.0 Å². The maximum absolute atomic E-state index is 4.49. The number of aryl methyl sites for hydroxylation is 2. The summed E-state index contributed by atoms with van der Waals surface area (Å²) >= 11 is 0. The average molecular weight is 593 g/mol. The minimum Gasteiger partial charge on any atom is -0.310 e. The number of aromatic nitrogens is 3. The Morgan fingerprint density at radius 2 is 1.07 bits per heavy atom. The van der Waals surface area contributed by atoms with Crippen LogP contribution < -0.4 is 4.90 Å². The highest BCUT2D eigenvalue weighted by Crippen LogP contribution is 2.40. The Balaban J connectivity index is 1.22. The Labute approximate surface area is 268 Å². The van der Waals surface area contributed by atoms with E-state index in [4.69, 9.17) is 0 Å². The molecular weight excluding hydrogens is 560 g/mol. The molecule has 6 aromatic carbocycles. The molecule has 0 saturated carbocycles. The second-order valence-corrected chi connectivity index (χ2v) is 11.7. The highest BCUT2D eigenvalue weighted by molar-refractivity contribution is 6.10. The highest BCUT2D eigenvalue weighted by atomic mass is 15.1.